The normalized spacial score (nSPS) is 16.0. The maximum absolute atomic E-state index is 5.90. The lowest BCUT2D eigenvalue weighted by molar-refractivity contribution is 0.383. The lowest BCUT2D eigenvalue weighted by Gasteiger charge is -2.33. The molecule has 0 aromatic heterocycles. The van der Waals surface area contributed by atoms with Crippen molar-refractivity contribution in [2.75, 3.05) is 7.11 Å². The molecule has 0 atom stereocenters. The van der Waals surface area contributed by atoms with Crippen LogP contribution in [-0.4, -0.2) is 7.11 Å². The summed E-state index contributed by atoms with van der Waals surface area (Å²) in [6.07, 6.45) is 5.69. The molecule has 0 saturated carbocycles. The molecule has 1 aromatic carbocycles. The molecular weight excluding hydrogens is 292 g/mol. The van der Waals surface area contributed by atoms with Crippen LogP contribution in [0.15, 0.2) is 41.5 Å². The Kier molecular flexibility index (Phi) is 4.78. The molecule has 0 aliphatic heterocycles. The summed E-state index contributed by atoms with van der Waals surface area (Å²) in [5, 5.41) is 0. The van der Waals surface area contributed by atoms with Gasteiger partial charge in [0.15, 0.2) is 0 Å². The highest BCUT2D eigenvalue weighted by Gasteiger charge is 2.34. The van der Waals surface area contributed by atoms with Crippen molar-refractivity contribution in [2.45, 2.75) is 72.6 Å². The van der Waals surface area contributed by atoms with Crippen LogP contribution in [0.4, 0.5) is 0 Å². The topological polar surface area (TPSA) is 9.23 Å². The van der Waals surface area contributed by atoms with E-state index in [1.807, 2.05) is 0 Å². The quantitative estimate of drug-likeness (QED) is 0.610. The summed E-state index contributed by atoms with van der Waals surface area (Å²) in [5.41, 5.74) is 5.79. The minimum absolute atomic E-state index is 0.0455. The summed E-state index contributed by atoms with van der Waals surface area (Å²) in [7, 11) is 1.80. The standard InChI is InChI=1S/C23H34O/c1-21(2,3)16-13-14-17(15-16)23(7,8)19-12-10-11-18(20(19)24-9)22(4,5)6/h10-14H,15H2,1-9H3. The SMILES string of the molecule is COc1c(C(C)(C)C)cccc1C(C)(C)C1=CC=C(C(C)(C)C)C1. The van der Waals surface area contributed by atoms with Gasteiger partial charge in [0.2, 0.25) is 0 Å². The number of methoxy groups -OCH3 is 1. The van der Waals surface area contributed by atoms with E-state index in [0.717, 1.165) is 12.2 Å². The Labute approximate surface area is 148 Å². The van der Waals surface area contributed by atoms with E-state index in [4.69, 9.17) is 4.74 Å². The van der Waals surface area contributed by atoms with Crippen LogP contribution in [-0.2, 0) is 10.8 Å². The lowest BCUT2D eigenvalue weighted by atomic mass is 9.72. The highest BCUT2D eigenvalue weighted by molar-refractivity contribution is 5.53. The number of ether oxygens (including phenoxy) is 1. The van der Waals surface area contributed by atoms with Gasteiger partial charge in [-0.1, -0.05) is 96.9 Å². The summed E-state index contributed by atoms with van der Waals surface area (Å²) in [6, 6.07) is 6.60. The Morgan fingerprint density at radius 2 is 1.29 bits per heavy atom. The number of hydrogen-bond acceptors (Lipinski definition) is 1. The van der Waals surface area contributed by atoms with Crippen molar-refractivity contribution in [1.82, 2.24) is 0 Å². The smallest absolute Gasteiger partial charge is 0.126 e. The second-order valence-corrected chi connectivity index (χ2v) is 9.57. The average molecular weight is 327 g/mol. The molecule has 1 nitrogen and oxygen atoms in total. The van der Waals surface area contributed by atoms with Crippen molar-refractivity contribution in [3.8, 4) is 5.75 Å². The minimum atomic E-state index is -0.0455. The molecule has 1 aliphatic rings. The third-order valence-corrected chi connectivity index (χ3v) is 5.33. The molecule has 0 fully saturated rings. The average Bonchev–Trinajstić information content (AvgIpc) is 2.96. The van der Waals surface area contributed by atoms with Gasteiger partial charge in [-0.3, -0.25) is 0 Å². The zero-order chi connectivity index (χ0) is 18.3. The van der Waals surface area contributed by atoms with Gasteiger partial charge in [-0.2, -0.15) is 0 Å². The van der Waals surface area contributed by atoms with Gasteiger partial charge >= 0.3 is 0 Å². The molecule has 0 unspecified atom stereocenters. The van der Waals surface area contributed by atoms with Gasteiger partial charge in [-0.25, -0.2) is 0 Å². The molecule has 0 bridgehead atoms. The van der Waals surface area contributed by atoms with Gasteiger partial charge < -0.3 is 4.74 Å². The molecule has 132 valence electrons. The number of hydrogen-bond donors (Lipinski definition) is 0. The van der Waals surface area contributed by atoms with Gasteiger partial charge in [0.25, 0.3) is 0 Å². The van der Waals surface area contributed by atoms with Crippen molar-refractivity contribution in [2.24, 2.45) is 5.41 Å². The largest absolute Gasteiger partial charge is 0.496 e. The summed E-state index contributed by atoms with van der Waals surface area (Å²) in [5.74, 6) is 1.04. The molecule has 0 radical (unpaired) electrons. The first-order valence-corrected chi connectivity index (χ1v) is 8.97. The summed E-state index contributed by atoms with van der Waals surface area (Å²) < 4.78 is 5.90. The molecule has 2 rings (SSSR count). The van der Waals surface area contributed by atoms with Crippen molar-refractivity contribution in [3.05, 3.63) is 52.6 Å². The third kappa shape index (κ3) is 3.45. The van der Waals surface area contributed by atoms with Crippen molar-refractivity contribution >= 4 is 0 Å². The van der Waals surface area contributed by atoms with Gasteiger partial charge in [-0.15, -0.1) is 0 Å². The predicted molar refractivity (Wildman–Crippen MR) is 105 cm³/mol. The Hall–Kier alpha value is -1.50. The number of benzene rings is 1. The Bertz CT molecular complexity index is 673. The highest BCUT2D eigenvalue weighted by Crippen LogP contribution is 2.47. The fourth-order valence-corrected chi connectivity index (χ4v) is 3.48. The molecule has 0 spiro atoms. The third-order valence-electron chi connectivity index (χ3n) is 5.33. The molecule has 0 N–H and O–H groups in total. The van der Waals surface area contributed by atoms with E-state index in [2.05, 4.69) is 85.7 Å². The van der Waals surface area contributed by atoms with Crippen LogP contribution in [0, 0.1) is 5.41 Å². The van der Waals surface area contributed by atoms with E-state index < -0.39 is 0 Å². The monoisotopic (exact) mass is 326 g/mol. The molecule has 24 heavy (non-hydrogen) atoms. The number of para-hydroxylation sites is 1. The zero-order valence-electron chi connectivity index (χ0n) is 17.0. The van der Waals surface area contributed by atoms with Crippen LogP contribution in [0.2, 0.25) is 0 Å². The highest BCUT2D eigenvalue weighted by atomic mass is 16.5. The Morgan fingerprint density at radius 3 is 1.75 bits per heavy atom. The maximum atomic E-state index is 5.90. The van der Waals surface area contributed by atoms with Crippen molar-refractivity contribution in [3.63, 3.8) is 0 Å². The van der Waals surface area contributed by atoms with Crippen LogP contribution in [0.25, 0.3) is 0 Å². The lowest BCUT2D eigenvalue weighted by Crippen LogP contribution is -2.24. The van der Waals surface area contributed by atoms with Gasteiger partial charge in [0.05, 0.1) is 7.11 Å². The summed E-state index contributed by atoms with van der Waals surface area (Å²) >= 11 is 0. The first-order valence-electron chi connectivity index (χ1n) is 8.97. The molecule has 1 aliphatic carbocycles. The van der Waals surface area contributed by atoms with E-state index in [9.17, 15) is 0 Å². The van der Waals surface area contributed by atoms with Crippen LogP contribution >= 0.6 is 0 Å². The summed E-state index contributed by atoms with van der Waals surface area (Å²) in [4.78, 5) is 0. The van der Waals surface area contributed by atoms with Crippen molar-refractivity contribution in [1.29, 1.82) is 0 Å². The molecule has 1 heteroatoms. The van der Waals surface area contributed by atoms with E-state index >= 15 is 0 Å². The van der Waals surface area contributed by atoms with E-state index in [0.29, 0.717) is 0 Å². The molecule has 0 saturated heterocycles. The van der Waals surface area contributed by atoms with Crippen LogP contribution in [0.3, 0.4) is 0 Å². The van der Waals surface area contributed by atoms with Crippen LogP contribution < -0.4 is 4.74 Å². The number of allylic oxidation sites excluding steroid dienone is 4. The Morgan fingerprint density at radius 1 is 0.750 bits per heavy atom. The van der Waals surface area contributed by atoms with E-state index in [1.165, 1.54) is 22.3 Å². The van der Waals surface area contributed by atoms with Gasteiger partial charge in [0, 0.05) is 11.0 Å². The first-order chi connectivity index (χ1) is 10.9. The first kappa shape index (κ1) is 18.8. The van der Waals surface area contributed by atoms with E-state index in [1.54, 1.807) is 7.11 Å². The van der Waals surface area contributed by atoms with Gasteiger partial charge in [-0.05, 0) is 22.8 Å². The second kappa shape index (κ2) is 6.10. The van der Waals surface area contributed by atoms with Crippen LogP contribution in [0.5, 0.6) is 5.75 Å². The van der Waals surface area contributed by atoms with Gasteiger partial charge in [0.1, 0.15) is 5.75 Å². The van der Waals surface area contributed by atoms with E-state index in [-0.39, 0.29) is 16.2 Å². The fraction of sp³-hybridized carbons (Fsp3) is 0.565. The molecule has 0 amide bonds. The fourth-order valence-electron chi connectivity index (χ4n) is 3.48. The molecule has 1 aromatic rings. The molecule has 0 heterocycles. The maximum Gasteiger partial charge on any atom is 0.126 e. The zero-order valence-corrected chi connectivity index (χ0v) is 17.0. The van der Waals surface area contributed by atoms with Crippen molar-refractivity contribution < 1.29 is 4.74 Å². The Balaban J connectivity index is 2.45. The second-order valence-electron chi connectivity index (χ2n) is 9.57. The number of rotatable bonds is 3. The summed E-state index contributed by atoms with van der Waals surface area (Å²) in [6.45, 7) is 18.3. The van der Waals surface area contributed by atoms with Crippen LogP contribution in [0.1, 0.15) is 72.9 Å². The minimum Gasteiger partial charge on any atom is -0.496 e. The molecular formula is C23H34O. The predicted octanol–water partition coefficient (Wildman–Crippen LogP) is 6.57.